The van der Waals surface area contributed by atoms with Crippen LogP contribution in [-0.4, -0.2) is 29.4 Å². The Kier molecular flexibility index (Phi) is 3.45. The number of hydrogen-bond donors (Lipinski definition) is 0. The van der Waals surface area contributed by atoms with Crippen LogP contribution >= 0.6 is 11.6 Å². The van der Waals surface area contributed by atoms with Crippen LogP contribution in [0.3, 0.4) is 0 Å². The van der Waals surface area contributed by atoms with E-state index >= 15 is 0 Å². The molecule has 0 spiro atoms. The monoisotopic (exact) mass is 342 g/mol. The molecule has 0 saturated carbocycles. The van der Waals surface area contributed by atoms with Gasteiger partial charge in [-0.25, -0.2) is 4.98 Å². The van der Waals surface area contributed by atoms with E-state index in [4.69, 9.17) is 11.6 Å². The molecule has 4 aromatic rings. The summed E-state index contributed by atoms with van der Waals surface area (Å²) < 4.78 is 3.25. The minimum Gasteiger partial charge on any atom is -0.288 e. The number of imidazole rings is 1. The zero-order chi connectivity index (χ0) is 16.8. The first-order valence-corrected chi connectivity index (χ1v) is 8.21. The number of aromatic nitrogens is 6. The van der Waals surface area contributed by atoms with Crippen LogP contribution in [0.5, 0.6) is 0 Å². The van der Waals surface area contributed by atoms with Gasteiger partial charge in [0.2, 0.25) is 0 Å². The third-order valence-corrected chi connectivity index (χ3v) is 4.38. The lowest BCUT2D eigenvalue weighted by molar-refractivity contribution is 0.498. The van der Waals surface area contributed by atoms with E-state index in [1.54, 1.807) is 4.57 Å². The fourth-order valence-electron chi connectivity index (χ4n) is 3.19. The summed E-state index contributed by atoms with van der Waals surface area (Å²) in [6, 6.07) is 7.45. The quantitative estimate of drug-likeness (QED) is 0.572. The number of nitrogens with zero attached hydrogens (tertiary/aromatic N) is 6. The molecule has 7 nitrogen and oxygen atoms in total. The van der Waals surface area contributed by atoms with Crippen molar-refractivity contribution >= 4 is 39.3 Å². The van der Waals surface area contributed by atoms with Crippen LogP contribution < -0.4 is 5.56 Å². The second-order valence-corrected chi connectivity index (χ2v) is 6.16. The molecule has 1 atom stereocenters. The zero-order valence-corrected chi connectivity index (χ0v) is 14.0. The van der Waals surface area contributed by atoms with Gasteiger partial charge in [0.1, 0.15) is 5.52 Å². The van der Waals surface area contributed by atoms with Crippen LogP contribution in [0.15, 0.2) is 29.1 Å². The van der Waals surface area contributed by atoms with Crippen LogP contribution in [-0.2, 0) is 0 Å². The third-order valence-electron chi connectivity index (χ3n) is 4.22. The molecule has 1 aromatic carbocycles. The first-order chi connectivity index (χ1) is 11.6. The Morgan fingerprint density at radius 1 is 1.21 bits per heavy atom. The van der Waals surface area contributed by atoms with Gasteiger partial charge in [-0.3, -0.25) is 9.36 Å². The van der Waals surface area contributed by atoms with Gasteiger partial charge in [-0.1, -0.05) is 31.5 Å². The van der Waals surface area contributed by atoms with Crippen LogP contribution in [0.25, 0.3) is 27.7 Å². The highest BCUT2D eigenvalue weighted by molar-refractivity contribution is 6.28. The summed E-state index contributed by atoms with van der Waals surface area (Å²) in [4.78, 5) is 17.6. The van der Waals surface area contributed by atoms with E-state index in [1.807, 2.05) is 31.2 Å². The van der Waals surface area contributed by atoms with E-state index in [-0.39, 0.29) is 16.9 Å². The van der Waals surface area contributed by atoms with Crippen LogP contribution in [0, 0.1) is 0 Å². The first-order valence-electron chi connectivity index (χ1n) is 7.83. The largest absolute Gasteiger partial charge is 0.288 e. The number of pyridine rings is 1. The van der Waals surface area contributed by atoms with Crippen LogP contribution in [0.1, 0.15) is 32.7 Å². The highest BCUT2D eigenvalue weighted by Crippen LogP contribution is 2.26. The van der Waals surface area contributed by atoms with Crippen molar-refractivity contribution in [3.8, 4) is 0 Å². The zero-order valence-electron chi connectivity index (χ0n) is 13.3. The van der Waals surface area contributed by atoms with Gasteiger partial charge in [0.05, 0.1) is 0 Å². The van der Waals surface area contributed by atoms with E-state index in [1.165, 1.54) is 4.52 Å². The Morgan fingerprint density at radius 2 is 1.96 bits per heavy atom. The summed E-state index contributed by atoms with van der Waals surface area (Å²) >= 11 is 5.91. The Balaban J connectivity index is 2.28. The van der Waals surface area contributed by atoms with Crippen molar-refractivity contribution in [1.29, 1.82) is 0 Å². The van der Waals surface area contributed by atoms with Crippen molar-refractivity contribution in [1.82, 2.24) is 29.4 Å². The molecular weight excluding hydrogens is 328 g/mol. The summed E-state index contributed by atoms with van der Waals surface area (Å²) in [5, 5.41) is 13.4. The number of fused-ring (bicyclic) bond motifs is 5. The smallest absolute Gasteiger partial charge is 0.272 e. The summed E-state index contributed by atoms with van der Waals surface area (Å²) in [6.45, 7) is 4.11. The summed E-state index contributed by atoms with van der Waals surface area (Å²) in [7, 11) is 0. The maximum atomic E-state index is 13.1. The molecule has 0 bridgehead atoms. The Labute approximate surface area is 141 Å². The molecule has 122 valence electrons. The van der Waals surface area contributed by atoms with Gasteiger partial charge in [-0.2, -0.15) is 4.52 Å². The lowest BCUT2D eigenvalue weighted by Gasteiger charge is -2.16. The van der Waals surface area contributed by atoms with Gasteiger partial charge in [0.15, 0.2) is 5.65 Å². The van der Waals surface area contributed by atoms with E-state index in [0.29, 0.717) is 22.3 Å². The molecule has 8 heteroatoms. The number of hydrogen-bond acceptors (Lipinski definition) is 5. The van der Waals surface area contributed by atoms with Crippen molar-refractivity contribution in [3.05, 3.63) is 39.9 Å². The molecule has 4 rings (SSSR count). The maximum absolute atomic E-state index is 13.1. The Bertz CT molecular complexity index is 1130. The Hall–Kier alpha value is -2.54. The molecule has 24 heavy (non-hydrogen) atoms. The average molecular weight is 343 g/mol. The van der Waals surface area contributed by atoms with Gasteiger partial charge < -0.3 is 0 Å². The van der Waals surface area contributed by atoms with Gasteiger partial charge in [-0.05, 0) is 31.0 Å². The second kappa shape index (κ2) is 5.52. The van der Waals surface area contributed by atoms with Crippen molar-refractivity contribution in [2.45, 2.75) is 32.7 Å². The molecule has 1 unspecified atom stereocenters. The predicted molar refractivity (Wildman–Crippen MR) is 92.5 cm³/mol. The highest BCUT2D eigenvalue weighted by Gasteiger charge is 2.20. The fourth-order valence-corrected chi connectivity index (χ4v) is 3.31. The average Bonchev–Trinajstić information content (AvgIpc) is 2.94. The minimum atomic E-state index is -0.0596. The van der Waals surface area contributed by atoms with Crippen molar-refractivity contribution in [2.24, 2.45) is 0 Å². The number of benzene rings is 1. The molecule has 0 aliphatic heterocycles. The minimum absolute atomic E-state index is 0.00301. The lowest BCUT2D eigenvalue weighted by Crippen LogP contribution is -2.25. The molecule has 0 fully saturated rings. The van der Waals surface area contributed by atoms with Gasteiger partial charge in [0.25, 0.3) is 16.6 Å². The van der Waals surface area contributed by atoms with Crippen molar-refractivity contribution < 1.29 is 0 Å². The molecule has 0 amide bonds. The summed E-state index contributed by atoms with van der Waals surface area (Å²) in [6.07, 6.45) is 1.83. The number of rotatable bonds is 3. The predicted octanol–water partition coefficient (Wildman–Crippen LogP) is 3.00. The third kappa shape index (κ3) is 2.08. The molecule has 0 saturated heterocycles. The molecule has 0 aliphatic carbocycles. The lowest BCUT2D eigenvalue weighted by atomic mass is 10.1. The molecule has 0 N–H and O–H groups in total. The van der Waals surface area contributed by atoms with Crippen molar-refractivity contribution in [2.75, 3.05) is 0 Å². The molecule has 0 aliphatic rings. The molecule has 3 heterocycles. The van der Waals surface area contributed by atoms with Gasteiger partial charge >= 0.3 is 0 Å². The van der Waals surface area contributed by atoms with E-state index in [2.05, 4.69) is 27.2 Å². The van der Waals surface area contributed by atoms with Crippen molar-refractivity contribution in [3.63, 3.8) is 0 Å². The SMILES string of the molecule is CCCC(C)n1c(=O)c2ccccc2c2nc3nnc(Cl)nn3c21. The van der Waals surface area contributed by atoms with E-state index < -0.39 is 0 Å². The molecule has 0 radical (unpaired) electrons. The maximum Gasteiger partial charge on any atom is 0.272 e. The number of halogens is 1. The topological polar surface area (TPSA) is 78.0 Å². The van der Waals surface area contributed by atoms with Crippen LogP contribution in [0.4, 0.5) is 0 Å². The summed E-state index contributed by atoms with van der Waals surface area (Å²) in [5.41, 5.74) is 1.22. The summed E-state index contributed by atoms with van der Waals surface area (Å²) in [5.74, 6) is 0.322. The Morgan fingerprint density at radius 3 is 2.71 bits per heavy atom. The van der Waals surface area contributed by atoms with Gasteiger partial charge in [0, 0.05) is 16.8 Å². The highest BCUT2D eigenvalue weighted by atomic mass is 35.5. The molecular formula is C16H15ClN6O. The van der Waals surface area contributed by atoms with Crippen LogP contribution in [0.2, 0.25) is 5.28 Å². The fraction of sp³-hybridized carbons (Fsp3) is 0.312. The van der Waals surface area contributed by atoms with E-state index in [9.17, 15) is 4.79 Å². The standard InChI is InChI=1S/C16H15ClN6O/c1-3-6-9(2)22-13-12(10-7-4-5-8-11(10)14(22)24)18-16-20-19-15(17)21-23(13)16/h4-5,7-9H,3,6H2,1-2H3. The first kappa shape index (κ1) is 15.0. The van der Waals surface area contributed by atoms with E-state index in [0.717, 1.165) is 18.2 Å². The van der Waals surface area contributed by atoms with Gasteiger partial charge in [-0.15, -0.1) is 15.3 Å². The second-order valence-electron chi connectivity index (χ2n) is 5.82. The molecule has 3 aromatic heterocycles. The normalized spacial score (nSPS) is 13.1.